The van der Waals surface area contributed by atoms with E-state index in [0.29, 0.717) is 48.4 Å². The van der Waals surface area contributed by atoms with Gasteiger partial charge in [-0.05, 0) is 42.2 Å². The lowest BCUT2D eigenvalue weighted by atomic mass is 10.0. The highest BCUT2D eigenvalue weighted by Crippen LogP contribution is 2.35. The number of rotatable bonds is 15. The van der Waals surface area contributed by atoms with E-state index < -0.39 is 16.1 Å². The van der Waals surface area contributed by atoms with Crippen molar-refractivity contribution < 1.29 is 27.5 Å². The van der Waals surface area contributed by atoms with Crippen molar-refractivity contribution in [3.8, 4) is 11.5 Å². The minimum atomic E-state index is -3.67. The number of unbranched alkanes of at least 4 members (excludes halogenated alkanes) is 1. The fourth-order valence-electron chi connectivity index (χ4n) is 5.06. The first-order valence-electron chi connectivity index (χ1n) is 14.9. The number of amides is 2. The summed E-state index contributed by atoms with van der Waals surface area (Å²) in [5, 5.41) is 3.50. The van der Waals surface area contributed by atoms with Gasteiger partial charge in [-0.15, -0.1) is 0 Å². The third-order valence-electron chi connectivity index (χ3n) is 7.37. The monoisotopic (exact) mass is 641 g/mol. The molecule has 3 aromatic rings. The van der Waals surface area contributed by atoms with Gasteiger partial charge in [-0.2, -0.15) is 0 Å². The number of benzene rings is 3. The van der Waals surface area contributed by atoms with Crippen LogP contribution in [0.5, 0.6) is 11.5 Å². The molecule has 0 aliphatic carbocycles. The standard InChI is InChI=1S/C33H40ClN3O6S/c1-3-4-18-35-33(39)29(22-25-11-6-5-7-12-25)36(24-26-13-8-9-14-28(26)34)32(38)15-10-19-37(44(2,40)41)27-16-17-30-31(23-27)43-21-20-42-30/h5-9,11-14,16-17,23,29H,3-4,10,15,18-22,24H2,1-2H3,(H,35,39)/t29-/m0/s1. The van der Waals surface area contributed by atoms with Crippen LogP contribution < -0.4 is 19.1 Å². The van der Waals surface area contributed by atoms with Crippen LogP contribution in [-0.4, -0.2) is 63.7 Å². The average Bonchev–Trinajstić information content (AvgIpc) is 3.01. The molecular formula is C33H40ClN3O6S. The second-order valence-corrected chi connectivity index (χ2v) is 13.0. The van der Waals surface area contributed by atoms with Gasteiger partial charge in [0.05, 0.1) is 11.9 Å². The number of carbonyl (C=O) groups excluding carboxylic acids is 2. The van der Waals surface area contributed by atoms with Crippen LogP contribution in [0.15, 0.2) is 72.8 Å². The third kappa shape index (κ3) is 9.12. The predicted molar refractivity (Wildman–Crippen MR) is 173 cm³/mol. The maximum atomic E-state index is 14.0. The number of anilines is 1. The molecule has 1 atom stereocenters. The Labute approximate surface area is 265 Å². The SMILES string of the molecule is CCCCNC(=O)[C@H](Cc1ccccc1)N(Cc1ccccc1Cl)C(=O)CCCN(c1ccc2c(c1)OCCO2)S(C)(=O)=O. The van der Waals surface area contributed by atoms with E-state index in [1.807, 2.05) is 55.5 Å². The summed E-state index contributed by atoms with van der Waals surface area (Å²) < 4.78 is 38.1. The number of halogens is 1. The van der Waals surface area contributed by atoms with Crippen LogP contribution in [0.1, 0.15) is 43.7 Å². The first kappa shape index (κ1) is 33.1. The van der Waals surface area contributed by atoms with Crippen LogP contribution in [0.2, 0.25) is 5.02 Å². The van der Waals surface area contributed by atoms with Crippen molar-refractivity contribution in [1.29, 1.82) is 0 Å². The Balaban J connectivity index is 1.57. The summed E-state index contributed by atoms with van der Waals surface area (Å²) in [7, 11) is -3.67. The van der Waals surface area contributed by atoms with Crippen LogP contribution in [-0.2, 0) is 32.6 Å². The largest absolute Gasteiger partial charge is 0.486 e. The number of nitrogens with zero attached hydrogens (tertiary/aromatic N) is 2. The zero-order valence-corrected chi connectivity index (χ0v) is 26.8. The summed E-state index contributed by atoms with van der Waals surface area (Å²) in [6, 6.07) is 21.0. The fraction of sp³-hybridized carbons (Fsp3) is 0.394. The van der Waals surface area contributed by atoms with E-state index in [9.17, 15) is 18.0 Å². The van der Waals surface area contributed by atoms with Crippen LogP contribution in [0.25, 0.3) is 0 Å². The van der Waals surface area contributed by atoms with Crippen molar-refractivity contribution in [2.45, 2.75) is 51.6 Å². The van der Waals surface area contributed by atoms with E-state index in [1.165, 1.54) is 4.31 Å². The van der Waals surface area contributed by atoms with E-state index in [2.05, 4.69) is 5.32 Å². The van der Waals surface area contributed by atoms with Crippen molar-refractivity contribution in [3.05, 3.63) is 88.9 Å². The molecule has 11 heteroatoms. The Morgan fingerprint density at radius 2 is 1.66 bits per heavy atom. The van der Waals surface area contributed by atoms with Crippen LogP contribution in [0.3, 0.4) is 0 Å². The normalized spacial score (nSPS) is 13.2. The lowest BCUT2D eigenvalue weighted by Gasteiger charge is -2.32. The maximum absolute atomic E-state index is 14.0. The van der Waals surface area contributed by atoms with Gasteiger partial charge in [-0.25, -0.2) is 8.42 Å². The molecule has 0 aromatic heterocycles. The molecule has 1 heterocycles. The third-order valence-corrected chi connectivity index (χ3v) is 8.93. The van der Waals surface area contributed by atoms with Crippen molar-refractivity contribution in [1.82, 2.24) is 10.2 Å². The first-order chi connectivity index (χ1) is 21.2. The van der Waals surface area contributed by atoms with Gasteiger partial charge in [-0.3, -0.25) is 13.9 Å². The van der Waals surface area contributed by atoms with Crippen molar-refractivity contribution in [2.75, 3.05) is 36.9 Å². The topological polar surface area (TPSA) is 105 Å². The van der Waals surface area contributed by atoms with Gasteiger partial charge in [0.15, 0.2) is 11.5 Å². The first-order valence-corrected chi connectivity index (χ1v) is 17.1. The summed E-state index contributed by atoms with van der Waals surface area (Å²) in [6.07, 6.45) is 3.45. The Morgan fingerprint density at radius 3 is 2.36 bits per heavy atom. The summed E-state index contributed by atoms with van der Waals surface area (Å²) in [5.41, 5.74) is 2.06. The van der Waals surface area contributed by atoms with Gasteiger partial charge >= 0.3 is 0 Å². The van der Waals surface area contributed by atoms with Gasteiger partial charge in [0.1, 0.15) is 19.3 Å². The highest BCUT2D eigenvalue weighted by Gasteiger charge is 2.31. The maximum Gasteiger partial charge on any atom is 0.243 e. The Hall–Kier alpha value is -3.76. The molecule has 9 nitrogen and oxygen atoms in total. The molecule has 236 valence electrons. The highest BCUT2D eigenvalue weighted by atomic mass is 35.5. The molecule has 0 radical (unpaired) electrons. The molecule has 2 amide bonds. The molecule has 0 saturated heterocycles. The molecule has 0 bridgehead atoms. The molecule has 1 aliphatic heterocycles. The van der Waals surface area contributed by atoms with E-state index in [4.69, 9.17) is 21.1 Å². The molecule has 4 rings (SSSR count). The van der Waals surface area contributed by atoms with Gasteiger partial charge < -0.3 is 19.7 Å². The second kappa shape index (κ2) is 15.8. The van der Waals surface area contributed by atoms with E-state index in [0.717, 1.165) is 30.2 Å². The van der Waals surface area contributed by atoms with Crippen molar-refractivity contribution in [3.63, 3.8) is 0 Å². The molecule has 0 spiro atoms. The summed E-state index contributed by atoms with van der Waals surface area (Å²) >= 11 is 6.50. The predicted octanol–water partition coefficient (Wildman–Crippen LogP) is 5.21. The van der Waals surface area contributed by atoms with Crippen molar-refractivity contribution >= 4 is 39.1 Å². The minimum absolute atomic E-state index is 0.0224. The smallest absolute Gasteiger partial charge is 0.243 e. The number of sulfonamides is 1. The van der Waals surface area contributed by atoms with Gasteiger partial charge in [0.2, 0.25) is 21.8 Å². The van der Waals surface area contributed by atoms with Crippen LogP contribution in [0.4, 0.5) is 5.69 Å². The Kier molecular flexibility index (Phi) is 11.9. The molecule has 0 fully saturated rings. The molecule has 3 aromatic carbocycles. The molecular weight excluding hydrogens is 602 g/mol. The van der Waals surface area contributed by atoms with Gasteiger partial charge in [0.25, 0.3) is 0 Å². The Bertz CT molecular complexity index is 1520. The molecule has 0 saturated carbocycles. The quantitative estimate of drug-likeness (QED) is 0.228. The number of fused-ring (bicyclic) bond motifs is 1. The van der Waals surface area contributed by atoms with Crippen LogP contribution in [0, 0.1) is 0 Å². The number of hydrogen-bond acceptors (Lipinski definition) is 6. The number of carbonyl (C=O) groups is 2. The van der Waals surface area contributed by atoms with Crippen molar-refractivity contribution in [2.24, 2.45) is 0 Å². The zero-order valence-electron chi connectivity index (χ0n) is 25.2. The lowest BCUT2D eigenvalue weighted by molar-refractivity contribution is -0.141. The summed E-state index contributed by atoms with van der Waals surface area (Å²) in [6.45, 7) is 3.56. The minimum Gasteiger partial charge on any atom is -0.486 e. The average molecular weight is 642 g/mol. The second-order valence-electron chi connectivity index (χ2n) is 10.7. The fourth-order valence-corrected chi connectivity index (χ4v) is 6.21. The number of nitrogens with one attached hydrogen (secondary N) is 1. The highest BCUT2D eigenvalue weighted by molar-refractivity contribution is 7.92. The van der Waals surface area contributed by atoms with E-state index >= 15 is 0 Å². The number of ether oxygens (including phenoxy) is 2. The zero-order chi connectivity index (χ0) is 31.5. The van der Waals surface area contributed by atoms with Gasteiger partial charge in [-0.1, -0.05) is 73.5 Å². The summed E-state index contributed by atoms with van der Waals surface area (Å²) in [4.78, 5) is 29.2. The lowest BCUT2D eigenvalue weighted by Crippen LogP contribution is -2.50. The Morgan fingerprint density at radius 1 is 0.955 bits per heavy atom. The molecule has 1 aliphatic rings. The molecule has 1 N–H and O–H groups in total. The van der Waals surface area contributed by atoms with E-state index in [-0.39, 0.29) is 37.7 Å². The van der Waals surface area contributed by atoms with Crippen LogP contribution >= 0.6 is 11.6 Å². The van der Waals surface area contributed by atoms with Gasteiger partial charge in [0, 0.05) is 43.6 Å². The summed E-state index contributed by atoms with van der Waals surface area (Å²) in [5.74, 6) is 0.520. The van der Waals surface area contributed by atoms with E-state index in [1.54, 1.807) is 29.2 Å². The number of hydrogen-bond donors (Lipinski definition) is 1. The molecule has 44 heavy (non-hydrogen) atoms. The molecule has 0 unspecified atom stereocenters.